The van der Waals surface area contributed by atoms with Crippen LogP contribution >= 0.6 is 0 Å². The molecule has 28 heavy (non-hydrogen) atoms. The Morgan fingerprint density at radius 3 is 2.64 bits per heavy atom. The maximum absolute atomic E-state index is 13.8. The number of benzene rings is 2. The summed E-state index contributed by atoms with van der Waals surface area (Å²) in [5.74, 6) is -0.793. The molecule has 2 atom stereocenters. The Kier molecular flexibility index (Phi) is 4.38. The summed E-state index contributed by atoms with van der Waals surface area (Å²) >= 11 is 0. The number of fused-ring (bicyclic) bond motifs is 1. The standard InChI is InChI=1S/C20H16F4N2O2/c1-27-17-10-12(7-8-14(17)21)18(19(11-28-19)20(22,23)24)26-16-6-2-5-15-13(16)4-3-9-25-15/h2-10,18,26H,11H2,1H3. The molecule has 1 N–H and O–H groups in total. The Morgan fingerprint density at radius 1 is 1.18 bits per heavy atom. The van der Waals surface area contributed by atoms with Gasteiger partial charge in [0.25, 0.3) is 0 Å². The summed E-state index contributed by atoms with van der Waals surface area (Å²) in [5, 5.41) is 3.62. The summed E-state index contributed by atoms with van der Waals surface area (Å²) in [5.41, 5.74) is -1.09. The van der Waals surface area contributed by atoms with Gasteiger partial charge in [0.05, 0.1) is 25.3 Å². The van der Waals surface area contributed by atoms with Crippen molar-refractivity contribution < 1.29 is 27.0 Å². The Hall–Kier alpha value is -2.87. The number of hydrogen-bond donors (Lipinski definition) is 1. The molecule has 0 aliphatic carbocycles. The highest BCUT2D eigenvalue weighted by molar-refractivity contribution is 5.91. The highest BCUT2D eigenvalue weighted by Crippen LogP contribution is 2.53. The monoisotopic (exact) mass is 392 g/mol. The molecule has 0 bridgehead atoms. The van der Waals surface area contributed by atoms with E-state index in [1.54, 1.807) is 36.5 Å². The van der Waals surface area contributed by atoms with Gasteiger partial charge in [-0.05, 0) is 42.0 Å². The molecule has 1 fully saturated rings. The molecule has 1 saturated heterocycles. The largest absolute Gasteiger partial charge is 0.494 e. The number of halogens is 4. The van der Waals surface area contributed by atoms with Crippen molar-refractivity contribution in [3.05, 3.63) is 66.1 Å². The van der Waals surface area contributed by atoms with Gasteiger partial charge in [-0.15, -0.1) is 0 Å². The number of hydrogen-bond acceptors (Lipinski definition) is 4. The van der Waals surface area contributed by atoms with Crippen LogP contribution in [0.25, 0.3) is 10.9 Å². The van der Waals surface area contributed by atoms with Crippen molar-refractivity contribution in [3.63, 3.8) is 0 Å². The average Bonchev–Trinajstić information content (AvgIpc) is 3.49. The Morgan fingerprint density at radius 2 is 1.96 bits per heavy atom. The molecule has 2 aromatic carbocycles. The zero-order valence-electron chi connectivity index (χ0n) is 14.8. The molecule has 0 spiro atoms. The Balaban J connectivity index is 1.82. The summed E-state index contributed by atoms with van der Waals surface area (Å²) in [7, 11) is 1.26. The minimum absolute atomic E-state index is 0.137. The minimum atomic E-state index is -4.62. The van der Waals surface area contributed by atoms with Gasteiger partial charge < -0.3 is 14.8 Å². The van der Waals surface area contributed by atoms with E-state index in [2.05, 4.69) is 10.3 Å². The maximum atomic E-state index is 13.8. The molecule has 2 unspecified atom stereocenters. The summed E-state index contributed by atoms with van der Waals surface area (Å²) < 4.78 is 65.2. The number of methoxy groups -OCH3 is 1. The lowest BCUT2D eigenvalue weighted by Crippen LogP contribution is -2.42. The fourth-order valence-corrected chi connectivity index (χ4v) is 3.28. The first-order chi connectivity index (χ1) is 13.4. The highest BCUT2D eigenvalue weighted by Gasteiger charge is 2.70. The normalized spacial score (nSPS) is 20.0. The number of rotatable bonds is 5. The van der Waals surface area contributed by atoms with E-state index in [1.807, 2.05) is 0 Å². The third kappa shape index (κ3) is 3.03. The van der Waals surface area contributed by atoms with Crippen molar-refractivity contribution in [2.24, 2.45) is 0 Å². The number of nitrogens with zero attached hydrogens (tertiary/aromatic N) is 1. The van der Waals surface area contributed by atoms with E-state index in [9.17, 15) is 17.6 Å². The zero-order valence-corrected chi connectivity index (χ0v) is 14.8. The average molecular weight is 392 g/mol. The van der Waals surface area contributed by atoms with Gasteiger partial charge in [0.2, 0.25) is 5.60 Å². The van der Waals surface area contributed by atoms with E-state index in [0.717, 1.165) is 6.07 Å². The first-order valence-corrected chi connectivity index (χ1v) is 8.50. The molecule has 0 amide bonds. The molecule has 4 nitrogen and oxygen atoms in total. The predicted molar refractivity (Wildman–Crippen MR) is 95.8 cm³/mol. The summed E-state index contributed by atoms with van der Waals surface area (Å²) in [4.78, 5) is 4.22. The van der Waals surface area contributed by atoms with Crippen molar-refractivity contribution in [1.29, 1.82) is 0 Å². The van der Waals surface area contributed by atoms with Crippen LogP contribution in [0.1, 0.15) is 11.6 Å². The molecular weight excluding hydrogens is 376 g/mol. The number of aromatic nitrogens is 1. The third-order valence-corrected chi connectivity index (χ3v) is 4.86. The maximum Gasteiger partial charge on any atom is 0.422 e. The van der Waals surface area contributed by atoms with Crippen LogP contribution in [0.15, 0.2) is 54.7 Å². The van der Waals surface area contributed by atoms with Crippen molar-refractivity contribution in [2.75, 3.05) is 19.0 Å². The van der Waals surface area contributed by atoms with Crippen LogP contribution in [-0.4, -0.2) is 30.5 Å². The van der Waals surface area contributed by atoms with E-state index < -0.39 is 30.2 Å². The van der Waals surface area contributed by atoms with Gasteiger partial charge in [-0.1, -0.05) is 12.1 Å². The van der Waals surface area contributed by atoms with Crippen LogP contribution in [0.4, 0.5) is 23.2 Å². The fraction of sp³-hybridized carbons (Fsp3) is 0.250. The summed E-state index contributed by atoms with van der Waals surface area (Å²) in [6.07, 6.45) is -3.01. The van der Waals surface area contributed by atoms with Gasteiger partial charge in [-0.25, -0.2) is 4.39 Å². The third-order valence-electron chi connectivity index (χ3n) is 4.86. The quantitative estimate of drug-likeness (QED) is 0.497. The lowest BCUT2D eigenvalue weighted by atomic mass is 9.91. The summed E-state index contributed by atoms with van der Waals surface area (Å²) in [6.45, 7) is -0.489. The molecule has 0 radical (unpaired) electrons. The first-order valence-electron chi connectivity index (χ1n) is 8.50. The van der Waals surface area contributed by atoms with Gasteiger partial charge >= 0.3 is 6.18 Å². The van der Waals surface area contributed by atoms with E-state index in [1.165, 1.54) is 19.2 Å². The number of ether oxygens (including phenoxy) is 2. The molecule has 8 heteroatoms. The van der Waals surface area contributed by atoms with Gasteiger partial charge in [0, 0.05) is 17.3 Å². The first kappa shape index (κ1) is 18.5. The molecular formula is C20H16F4N2O2. The van der Waals surface area contributed by atoms with Crippen molar-refractivity contribution in [2.45, 2.75) is 17.8 Å². The number of pyridine rings is 1. The second kappa shape index (κ2) is 6.63. The topological polar surface area (TPSA) is 46.7 Å². The molecule has 146 valence electrons. The molecule has 2 heterocycles. The lowest BCUT2D eigenvalue weighted by molar-refractivity contribution is -0.188. The Bertz CT molecular complexity index is 1010. The predicted octanol–water partition coefficient (Wildman–Crippen LogP) is 4.87. The van der Waals surface area contributed by atoms with E-state index in [0.29, 0.717) is 16.6 Å². The van der Waals surface area contributed by atoms with E-state index in [4.69, 9.17) is 9.47 Å². The number of alkyl halides is 3. The van der Waals surface area contributed by atoms with Crippen LogP contribution in [0.3, 0.4) is 0 Å². The van der Waals surface area contributed by atoms with Crippen LogP contribution in [-0.2, 0) is 4.74 Å². The second-order valence-electron chi connectivity index (χ2n) is 6.52. The van der Waals surface area contributed by atoms with Crippen molar-refractivity contribution >= 4 is 16.6 Å². The van der Waals surface area contributed by atoms with E-state index in [-0.39, 0.29) is 11.3 Å². The SMILES string of the molecule is COc1cc(C(Nc2cccc3ncccc23)C2(C(F)(F)F)CO2)ccc1F. The number of anilines is 1. The lowest BCUT2D eigenvalue weighted by Gasteiger charge is -2.29. The minimum Gasteiger partial charge on any atom is -0.494 e. The molecule has 1 aromatic heterocycles. The summed E-state index contributed by atoms with van der Waals surface area (Å²) in [6, 6.07) is 11.0. The van der Waals surface area contributed by atoms with Gasteiger partial charge in [-0.2, -0.15) is 13.2 Å². The van der Waals surface area contributed by atoms with Crippen molar-refractivity contribution in [1.82, 2.24) is 4.98 Å². The molecule has 3 aromatic rings. The van der Waals surface area contributed by atoms with E-state index >= 15 is 0 Å². The van der Waals surface area contributed by atoms with Gasteiger partial charge in [0.15, 0.2) is 11.6 Å². The van der Waals surface area contributed by atoms with Crippen LogP contribution in [0.2, 0.25) is 0 Å². The van der Waals surface area contributed by atoms with Gasteiger partial charge in [0.1, 0.15) is 0 Å². The van der Waals surface area contributed by atoms with Crippen molar-refractivity contribution in [3.8, 4) is 5.75 Å². The molecule has 4 rings (SSSR count). The zero-order chi connectivity index (χ0) is 19.9. The number of epoxide rings is 1. The second-order valence-corrected chi connectivity index (χ2v) is 6.52. The molecule has 1 aliphatic heterocycles. The number of nitrogens with one attached hydrogen (secondary N) is 1. The van der Waals surface area contributed by atoms with Gasteiger partial charge in [-0.3, -0.25) is 4.98 Å². The highest BCUT2D eigenvalue weighted by atomic mass is 19.4. The van der Waals surface area contributed by atoms with Crippen LogP contribution in [0.5, 0.6) is 5.75 Å². The molecule has 0 saturated carbocycles. The fourth-order valence-electron chi connectivity index (χ4n) is 3.28. The Labute approximate surface area is 158 Å². The smallest absolute Gasteiger partial charge is 0.422 e. The van der Waals surface area contributed by atoms with Crippen LogP contribution < -0.4 is 10.1 Å². The van der Waals surface area contributed by atoms with Crippen LogP contribution in [0, 0.1) is 5.82 Å². The molecule has 1 aliphatic rings.